The van der Waals surface area contributed by atoms with Crippen LogP contribution in [0.3, 0.4) is 0 Å². The summed E-state index contributed by atoms with van der Waals surface area (Å²) >= 11 is 0. The Kier molecular flexibility index (Phi) is 2.30. The number of hydrogen-bond acceptors (Lipinski definition) is 0. The van der Waals surface area contributed by atoms with Crippen molar-refractivity contribution in [3.05, 3.63) is 35.9 Å². The first kappa shape index (κ1) is 8.28. The van der Waals surface area contributed by atoms with Gasteiger partial charge in [0.1, 0.15) is 0 Å². The molecule has 0 bridgehead atoms. The van der Waals surface area contributed by atoms with Crippen LogP contribution in [0.1, 0.15) is 18.1 Å². The normalized spacial score (nSPS) is 10.0. The number of benzene rings is 1. The third-order valence-electron chi connectivity index (χ3n) is 1.91. The van der Waals surface area contributed by atoms with Crippen LogP contribution in [0.25, 0.3) is 5.57 Å². The van der Waals surface area contributed by atoms with E-state index < -0.39 is 0 Å². The van der Waals surface area contributed by atoms with E-state index in [0.717, 1.165) is 10.2 Å². The van der Waals surface area contributed by atoms with Gasteiger partial charge in [-0.25, -0.2) is 0 Å². The lowest BCUT2D eigenvalue weighted by Crippen LogP contribution is -2.09. The fourth-order valence-corrected chi connectivity index (χ4v) is 2.50. The summed E-state index contributed by atoms with van der Waals surface area (Å²) in [7, 11) is 1.11. The van der Waals surface area contributed by atoms with Gasteiger partial charge in [0.05, 0.1) is 0 Å². The topological polar surface area (TPSA) is 0 Å². The second-order valence-electron chi connectivity index (χ2n) is 3.05. The molecule has 0 amide bonds. The van der Waals surface area contributed by atoms with E-state index in [-0.39, 0.29) is 0 Å². The van der Waals surface area contributed by atoms with E-state index in [1.165, 1.54) is 21.9 Å². The highest BCUT2D eigenvalue weighted by atomic mass is 28.1. The molecule has 0 nitrogen and oxygen atoms in total. The molecule has 0 radical (unpaired) electrons. The zero-order chi connectivity index (χ0) is 8.43. The highest BCUT2D eigenvalue weighted by Gasteiger charge is 2.00. The minimum absolute atomic E-state index is 1.11. The van der Waals surface area contributed by atoms with Crippen molar-refractivity contribution in [2.45, 2.75) is 13.8 Å². The smallest absolute Gasteiger partial charge is 0.0393 e. The van der Waals surface area contributed by atoms with Gasteiger partial charge >= 0.3 is 0 Å². The molecule has 58 valence electrons. The fourth-order valence-electron chi connectivity index (χ4n) is 1.49. The Labute approximate surface area is 71.4 Å². The number of aryl methyl sites for hydroxylation is 1. The number of hydrogen-bond donors (Lipinski definition) is 0. The first-order chi connectivity index (χ1) is 5.13. The summed E-state index contributed by atoms with van der Waals surface area (Å²) in [5.41, 5.74) is 3.91. The summed E-state index contributed by atoms with van der Waals surface area (Å²) in [6.45, 7) is 8.19. The van der Waals surface area contributed by atoms with Gasteiger partial charge in [-0.05, 0) is 25.0 Å². The van der Waals surface area contributed by atoms with Gasteiger partial charge in [0.15, 0.2) is 0 Å². The van der Waals surface area contributed by atoms with Crippen LogP contribution in [0.4, 0.5) is 0 Å². The van der Waals surface area contributed by atoms with E-state index in [9.17, 15) is 0 Å². The Hall–Kier alpha value is -0.823. The Morgan fingerprint density at radius 1 is 1.45 bits per heavy atom. The molecule has 0 N–H and O–H groups in total. The van der Waals surface area contributed by atoms with E-state index in [4.69, 9.17) is 0 Å². The molecule has 0 atom stereocenters. The van der Waals surface area contributed by atoms with Crippen molar-refractivity contribution in [2.75, 3.05) is 0 Å². The first-order valence-corrected chi connectivity index (χ1v) is 4.85. The molecule has 0 spiro atoms. The van der Waals surface area contributed by atoms with Crippen molar-refractivity contribution in [1.29, 1.82) is 0 Å². The van der Waals surface area contributed by atoms with Crippen molar-refractivity contribution in [3.8, 4) is 0 Å². The van der Waals surface area contributed by atoms with Gasteiger partial charge in [-0.3, -0.25) is 0 Å². The maximum Gasteiger partial charge on any atom is 0.0393 e. The molecule has 0 fully saturated rings. The van der Waals surface area contributed by atoms with Crippen LogP contribution in [0.2, 0.25) is 0 Å². The van der Waals surface area contributed by atoms with Gasteiger partial charge in [0.2, 0.25) is 0 Å². The predicted octanol–water partition coefficient (Wildman–Crippen LogP) is 1.02. The summed E-state index contributed by atoms with van der Waals surface area (Å²) in [5.74, 6) is 0. The second kappa shape index (κ2) is 3.05. The number of rotatable bonds is 1. The van der Waals surface area contributed by atoms with Crippen LogP contribution >= 0.6 is 0 Å². The van der Waals surface area contributed by atoms with Crippen molar-refractivity contribution in [2.24, 2.45) is 0 Å². The molecule has 1 aromatic carbocycles. The molecule has 0 aliphatic carbocycles. The van der Waals surface area contributed by atoms with E-state index in [1.54, 1.807) is 0 Å². The lowest BCUT2D eigenvalue weighted by molar-refractivity contribution is 1.44. The van der Waals surface area contributed by atoms with Crippen LogP contribution in [0.15, 0.2) is 24.8 Å². The predicted molar refractivity (Wildman–Crippen MR) is 55.5 cm³/mol. The Balaban J connectivity index is 3.32. The standard InChI is InChI=1S/C10H14Si/c1-7(2)10-8(3)5-4-6-9(10)11/h4-6H,1H2,2-3,11H3. The van der Waals surface area contributed by atoms with Crippen molar-refractivity contribution < 1.29 is 0 Å². The van der Waals surface area contributed by atoms with Crippen molar-refractivity contribution in [1.82, 2.24) is 0 Å². The molecule has 11 heavy (non-hydrogen) atoms. The van der Waals surface area contributed by atoms with Crippen LogP contribution < -0.4 is 5.19 Å². The molecule has 1 heteroatoms. The molecule has 0 unspecified atom stereocenters. The SMILES string of the molecule is C=C(C)c1c(C)cccc1[SiH3]. The van der Waals surface area contributed by atoms with Crippen molar-refractivity contribution >= 4 is 21.0 Å². The van der Waals surface area contributed by atoms with Gasteiger partial charge < -0.3 is 0 Å². The van der Waals surface area contributed by atoms with E-state index >= 15 is 0 Å². The van der Waals surface area contributed by atoms with Gasteiger partial charge in [0, 0.05) is 10.2 Å². The summed E-state index contributed by atoms with van der Waals surface area (Å²) in [6, 6.07) is 6.44. The summed E-state index contributed by atoms with van der Waals surface area (Å²) in [4.78, 5) is 0. The van der Waals surface area contributed by atoms with Crippen LogP contribution in [-0.2, 0) is 0 Å². The minimum Gasteiger partial charge on any atom is -0.0955 e. The summed E-state index contributed by atoms with van der Waals surface area (Å²) in [5, 5.41) is 1.46. The Bertz CT molecular complexity index is 267. The molecule has 0 aliphatic rings. The Morgan fingerprint density at radius 2 is 2.09 bits per heavy atom. The molecule has 0 heterocycles. The van der Waals surface area contributed by atoms with E-state index in [1.807, 2.05) is 0 Å². The van der Waals surface area contributed by atoms with Crippen LogP contribution in [-0.4, -0.2) is 10.2 Å². The highest BCUT2D eigenvalue weighted by Crippen LogP contribution is 2.12. The molecular formula is C10H14Si. The zero-order valence-electron chi connectivity index (χ0n) is 7.44. The third kappa shape index (κ3) is 1.60. The quantitative estimate of drug-likeness (QED) is 0.541. The highest BCUT2D eigenvalue weighted by molar-refractivity contribution is 6.34. The molecular weight excluding hydrogens is 148 g/mol. The minimum atomic E-state index is 1.11. The summed E-state index contributed by atoms with van der Waals surface area (Å²) < 4.78 is 0. The van der Waals surface area contributed by atoms with E-state index in [0.29, 0.717) is 0 Å². The van der Waals surface area contributed by atoms with E-state index in [2.05, 4.69) is 38.6 Å². The lowest BCUT2D eigenvalue weighted by Gasteiger charge is -2.07. The van der Waals surface area contributed by atoms with Crippen molar-refractivity contribution in [3.63, 3.8) is 0 Å². The maximum atomic E-state index is 3.97. The summed E-state index contributed by atoms with van der Waals surface area (Å²) in [6.07, 6.45) is 0. The monoisotopic (exact) mass is 162 g/mol. The second-order valence-corrected chi connectivity index (χ2v) is 4.12. The Morgan fingerprint density at radius 3 is 2.45 bits per heavy atom. The zero-order valence-corrected chi connectivity index (χ0v) is 9.44. The molecule has 0 saturated heterocycles. The molecule has 1 rings (SSSR count). The number of allylic oxidation sites excluding steroid dienone is 1. The van der Waals surface area contributed by atoms with Gasteiger partial charge in [-0.1, -0.05) is 35.5 Å². The molecule has 0 aliphatic heterocycles. The van der Waals surface area contributed by atoms with Crippen LogP contribution in [0, 0.1) is 6.92 Å². The van der Waals surface area contributed by atoms with Gasteiger partial charge in [-0.15, -0.1) is 0 Å². The first-order valence-electron chi connectivity index (χ1n) is 3.85. The maximum absolute atomic E-state index is 3.97. The molecule has 0 saturated carbocycles. The van der Waals surface area contributed by atoms with Gasteiger partial charge in [0.25, 0.3) is 0 Å². The largest absolute Gasteiger partial charge is 0.0955 e. The molecule has 1 aromatic rings. The average Bonchev–Trinajstić information content (AvgIpc) is 1.85. The lowest BCUT2D eigenvalue weighted by atomic mass is 10.0. The molecule has 0 aromatic heterocycles. The average molecular weight is 162 g/mol. The third-order valence-corrected chi connectivity index (χ3v) is 2.74. The van der Waals surface area contributed by atoms with Crippen LogP contribution in [0.5, 0.6) is 0 Å². The van der Waals surface area contributed by atoms with Gasteiger partial charge in [-0.2, -0.15) is 0 Å². The fraction of sp³-hybridized carbons (Fsp3) is 0.200.